The second kappa shape index (κ2) is 4.10. The Kier molecular flexibility index (Phi) is 2.81. The summed E-state index contributed by atoms with van der Waals surface area (Å²) in [6.07, 6.45) is 1.70. The Morgan fingerprint density at radius 3 is 2.93 bits per heavy atom. The minimum Gasteiger partial charge on any atom is -0.217 e. The summed E-state index contributed by atoms with van der Waals surface area (Å²) in [4.78, 5) is 0. The van der Waals surface area contributed by atoms with Crippen LogP contribution in [-0.2, 0) is 5.33 Å². The number of aryl methyl sites for hydroxylation is 1. The van der Waals surface area contributed by atoms with Crippen molar-refractivity contribution in [3.05, 3.63) is 41.5 Å². The van der Waals surface area contributed by atoms with Crippen LogP contribution in [0.2, 0.25) is 0 Å². The summed E-state index contributed by atoms with van der Waals surface area (Å²) in [6, 6.07) is 5.19. The summed E-state index contributed by atoms with van der Waals surface area (Å²) >= 11 is 3.27. The minimum absolute atomic E-state index is 0.261. The molecule has 0 aliphatic rings. The molecule has 0 spiro atoms. The van der Waals surface area contributed by atoms with E-state index < -0.39 is 0 Å². The van der Waals surface area contributed by atoms with Gasteiger partial charge in [0.25, 0.3) is 0 Å². The van der Waals surface area contributed by atoms with E-state index in [9.17, 15) is 4.39 Å². The third kappa shape index (κ3) is 1.92. The number of aromatic nitrogens is 3. The van der Waals surface area contributed by atoms with Crippen LogP contribution in [0.4, 0.5) is 4.39 Å². The molecule has 0 saturated heterocycles. The molecule has 0 amide bonds. The molecule has 0 radical (unpaired) electrons. The SMILES string of the molecule is Cc1cccc(-n2cc(CBr)nn2)c1F. The number of halogens is 2. The second-order valence-electron chi connectivity index (χ2n) is 3.20. The predicted octanol–water partition coefficient (Wildman–Crippen LogP) is 2.61. The zero-order valence-electron chi connectivity index (χ0n) is 8.11. The van der Waals surface area contributed by atoms with Gasteiger partial charge in [-0.1, -0.05) is 33.3 Å². The van der Waals surface area contributed by atoms with Gasteiger partial charge in [-0.2, -0.15) is 0 Å². The highest BCUT2D eigenvalue weighted by molar-refractivity contribution is 9.08. The Morgan fingerprint density at radius 1 is 1.47 bits per heavy atom. The third-order valence-corrected chi connectivity index (χ3v) is 2.67. The predicted molar refractivity (Wildman–Crippen MR) is 58.7 cm³/mol. The molecule has 5 heteroatoms. The fraction of sp³-hybridized carbons (Fsp3) is 0.200. The molecule has 0 bridgehead atoms. The molecule has 0 saturated carbocycles. The molecule has 3 nitrogen and oxygen atoms in total. The van der Waals surface area contributed by atoms with Gasteiger partial charge < -0.3 is 0 Å². The summed E-state index contributed by atoms with van der Waals surface area (Å²) in [7, 11) is 0. The van der Waals surface area contributed by atoms with Crippen molar-refractivity contribution in [1.29, 1.82) is 0 Å². The molecule has 1 heterocycles. The first kappa shape index (κ1) is 10.3. The number of alkyl halides is 1. The van der Waals surface area contributed by atoms with E-state index in [1.165, 1.54) is 4.68 Å². The highest BCUT2D eigenvalue weighted by atomic mass is 79.9. The molecule has 0 atom stereocenters. The number of hydrogen-bond acceptors (Lipinski definition) is 2. The van der Waals surface area contributed by atoms with Crippen LogP contribution in [0.5, 0.6) is 0 Å². The lowest BCUT2D eigenvalue weighted by molar-refractivity contribution is 0.598. The molecule has 0 aliphatic heterocycles. The third-order valence-electron chi connectivity index (χ3n) is 2.10. The van der Waals surface area contributed by atoms with E-state index in [1.54, 1.807) is 31.3 Å². The number of nitrogens with zero attached hydrogens (tertiary/aromatic N) is 3. The number of benzene rings is 1. The molecule has 0 N–H and O–H groups in total. The first-order valence-corrected chi connectivity index (χ1v) is 5.57. The van der Waals surface area contributed by atoms with Gasteiger partial charge in [-0.25, -0.2) is 9.07 Å². The van der Waals surface area contributed by atoms with E-state index in [-0.39, 0.29) is 5.82 Å². The van der Waals surface area contributed by atoms with Crippen LogP contribution in [0, 0.1) is 12.7 Å². The number of rotatable bonds is 2. The topological polar surface area (TPSA) is 30.7 Å². The van der Waals surface area contributed by atoms with Crippen LogP contribution >= 0.6 is 15.9 Å². The van der Waals surface area contributed by atoms with Gasteiger partial charge in [0, 0.05) is 5.33 Å². The van der Waals surface area contributed by atoms with E-state index in [4.69, 9.17) is 0 Å². The van der Waals surface area contributed by atoms with Crippen molar-refractivity contribution in [1.82, 2.24) is 15.0 Å². The van der Waals surface area contributed by atoms with E-state index in [0.717, 1.165) is 5.69 Å². The highest BCUT2D eigenvalue weighted by Crippen LogP contribution is 2.16. The molecule has 15 heavy (non-hydrogen) atoms. The Hall–Kier alpha value is -1.23. The monoisotopic (exact) mass is 269 g/mol. The van der Waals surface area contributed by atoms with Crippen molar-refractivity contribution in [3.8, 4) is 5.69 Å². The van der Waals surface area contributed by atoms with Gasteiger partial charge in [0.2, 0.25) is 0 Å². The Balaban J connectivity index is 2.49. The lowest BCUT2D eigenvalue weighted by Crippen LogP contribution is -1.99. The minimum atomic E-state index is -0.261. The normalized spacial score (nSPS) is 10.6. The van der Waals surface area contributed by atoms with Crippen LogP contribution < -0.4 is 0 Å². The van der Waals surface area contributed by atoms with Crippen molar-refractivity contribution in [2.24, 2.45) is 0 Å². The van der Waals surface area contributed by atoms with Crippen molar-refractivity contribution >= 4 is 15.9 Å². The molecule has 2 aromatic rings. The maximum Gasteiger partial charge on any atom is 0.151 e. The average molecular weight is 270 g/mol. The molecule has 1 aromatic heterocycles. The zero-order chi connectivity index (χ0) is 10.8. The fourth-order valence-corrected chi connectivity index (χ4v) is 1.54. The van der Waals surface area contributed by atoms with E-state index >= 15 is 0 Å². The molecule has 0 fully saturated rings. The summed E-state index contributed by atoms with van der Waals surface area (Å²) in [5.41, 5.74) is 1.80. The van der Waals surface area contributed by atoms with Gasteiger partial charge in [0.05, 0.1) is 11.9 Å². The summed E-state index contributed by atoms with van der Waals surface area (Å²) in [6.45, 7) is 1.72. The van der Waals surface area contributed by atoms with Crippen LogP contribution in [0.3, 0.4) is 0 Å². The molecule has 2 rings (SSSR count). The Bertz CT molecular complexity index is 481. The van der Waals surface area contributed by atoms with Crippen LogP contribution in [0.15, 0.2) is 24.4 Å². The van der Waals surface area contributed by atoms with Crippen LogP contribution in [0.1, 0.15) is 11.3 Å². The number of hydrogen-bond donors (Lipinski definition) is 0. The summed E-state index contributed by atoms with van der Waals surface area (Å²) in [5.74, 6) is -0.261. The van der Waals surface area contributed by atoms with Crippen molar-refractivity contribution in [2.45, 2.75) is 12.3 Å². The van der Waals surface area contributed by atoms with Gasteiger partial charge in [0.1, 0.15) is 5.69 Å². The zero-order valence-corrected chi connectivity index (χ0v) is 9.70. The molecular weight excluding hydrogens is 261 g/mol. The second-order valence-corrected chi connectivity index (χ2v) is 3.76. The molecule has 0 unspecified atom stereocenters. The van der Waals surface area contributed by atoms with Crippen molar-refractivity contribution < 1.29 is 4.39 Å². The van der Waals surface area contributed by atoms with Gasteiger partial charge in [-0.15, -0.1) is 5.10 Å². The summed E-state index contributed by atoms with van der Waals surface area (Å²) in [5, 5.41) is 8.35. The molecule has 0 aliphatic carbocycles. The lowest BCUT2D eigenvalue weighted by Gasteiger charge is -2.03. The first-order valence-electron chi connectivity index (χ1n) is 4.45. The fourth-order valence-electron chi connectivity index (χ4n) is 1.29. The maximum atomic E-state index is 13.7. The standard InChI is InChI=1S/C10H9BrFN3/c1-7-3-2-4-9(10(7)12)15-6-8(5-11)13-14-15/h2-4,6H,5H2,1H3. The molecular formula is C10H9BrFN3. The lowest BCUT2D eigenvalue weighted by atomic mass is 10.2. The first-order chi connectivity index (χ1) is 7.22. The smallest absolute Gasteiger partial charge is 0.151 e. The molecule has 78 valence electrons. The Morgan fingerprint density at radius 2 is 2.27 bits per heavy atom. The highest BCUT2D eigenvalue weighted by Gasteiger charge is 2.08. The van der Waals surface area contributed by atoms with Gasteiger partial charge in [0.15, 0.2) is 5.82 Å². The maximum absolute atomic E-state index is 13.7. The largest absolute Gasteiger partial charge is 0.217 e. The van der Waals surface area contributed by atoms with Gasteiger partial charge >= 0.3 is 0 Å². The van der Waals surface area contributed by atoms with E-state index in [1.807, 2.05) is 0 Å². The molecule has 1 aromatic carbocycles. The van der Waals surface area contributed by atoms with Crippen molar-refractivity contribution in [2.75, 3.05) is 0 Å². The van der Waals surface area contributed by atoms with Crippen LogP contribution in [0.25, 0.3) is 5.69 Å². The van der Waals surface area contributed by atoms with E-state index in [2.05, 4.69) is 26.2 Å². The Labute approximate surface area is 95.0 Å². The average Bonchev–Trinajstić information content (AvgIpc) is 2.70. The summed E-state index contributed by atoms with van der Waals surface area (Å²) < 4.78 is 15.1. The quantitative estimate of drug-likeness (QED) is 0.785. The van der Waals surface area contributed by atoms with Gasteiger partial charge in [-0.05, 0) is 18.6 Å². The van der Waals surface area contributed by atoms with E-state index in [0.29, 0.717) is 16.6 Å². The van der Waals surface area contributed by atoms with Gasteiger partial charge in [-0.3, -0.25) is 0 Å². The van der Waals surface area contributed by atoms with Crippen molar-refractivity contribution in [3.63, 3.8) is 0 Å². The van der Waals surface area contributed by atoms with Crippen LogP contribution in [-0.4, -0.2) is 15.0 Å².